The zero-order valence-electron chi connectivity index (χ0n) is 9.61. The first kappa shape index (κ1) is 12.4. The average molecular weight is 224 g/mol. The molecule has 1 rings (SSSR count). The van der Waals surface area contributed by atoms with Crippen molar-refractivity contribution in [2.24, 2.45) is 0 Å². The van der Waals surface area contributed by atoms with E-state index < -0.39 is 5.97 Å². The van der Waals surface area contributed by atoms with Crippen LogP contribution in [0.1, 0.15) is 48.2 Å². The van der Waals surface area contributed by atoms with Crippen molar-refractivity contribution < 1.29 is 20.1 Å². The van der Waals surface area contributed by atoms with Crippen LogP contribution in [0, 0.1) is 0 Å². The van der Waals surface area contributed by atoms with Gasteiger partial charge in [-0.05, 0) is 24.0 Å². The zero-order chi connectivity index (χ0) is 12.5. The molecule has 1 aromatic rings. The lowest BCUT2D eigenvalue weighted by molar-refractivity contribution is 0.0692. The number of rotatable bonds is 3. The summed E-state index contributed by atoms with van der Waals surface area (Å²) in [4.78, 5) is 11.1. The topological polar surface area (TPSA) is 77.8 Å². The lowest BCUT2D eigenvalue weighted by Crippen LogP contribution is -2.06. The first-order chi connectivity index (χ1) is 7.40. The fourth-order valence-electron chi connectivity index (χ4n) is 1.74. The molecule has 0 aliphatic carbocycles. The molecule has 88 valence electrons. The van der Waals surface area contributed by atoms with Gasteiger partial charge in [0.15, 0.2) is 0 Å². The third-order valence-corrected chi connectivity index (χ3v) is 2.60. The summed E-state index contributed by atoms with van der Waals surface area (Å²) in [6, 6.07) is 1.42. The van der Waals surface area contributed by atoms with Gasteiger partial charge in [-0.3, -0.25) is 0 Å². The first-order valence-corrected chi connectivity index (χ1v) is 5.21. The van der Waals surface area contributed by atoms with E-state index in [1.54, 1.807) is 6.92 Å². The summed E-state index contributed by atoms with van der Waals surface area (Å²) < 4.78 is 0. The summed E-state index contributed by atoms with van der Waals surface area (Å²) in [5, 5.41) is 28.6. The van der Waals surface area contributed by atoms with Crippen molar-refractivity contribution >= 4 is 5.97 Å². The van der Waals surface area contributed by atoms with E-state index in [9.17, 15) is 15.0 Å². The molecular weight excluding hydrogens is 208 g/mol. The van der Waals surface area contributed by atoms with Crippen molar-refractivity contribution in [1.29, 1.82) is 0 Å². The van der Waals surface area contributed by atoms with E-state index in [1.165, 1.54) is 6.07 Å². The smallest absolute Gasteiger partial charge is 0.339 e. The van der Waals surface area contributed by atoms with Crippen molar-refractivity contribution in [1.82, 2.24) is 0 Å². The van der Waals surface area contributed by atoms with Crippen LogP contribution in [-0.4, -0.2) is 21.3 Å². The fourth-order valence-corrected chi connectivity index (χ4v) is 1.74. The molecule has 0 radical (unpaired) electrons. The summed E-state index contributed by atoms with van der Waals surface area (Å²) in [5.74, 6) is -1.61. The average Bonchev–Trinajstić information content (AvgIpc) is 2.16. The van der Waals surface area contributed by atoms with Gasteiger partial charge in [-0.15, -0.1) is 0 Å². The molecular formula is C12H16O4. The minimum absolute atomic E-state index is 0.0475. The monoisotopic (exact) mass is 224 g/mol. The molecule has 4 nitrogen and oxygen atoms in total. The summed E-state index contributed by atoms with van der Waals surface area (Å²) in [5.41, 5.74) is 0.617. The van der Waals surface area contributed by atoms with Crippen LogP contribution < -0.4 is 0 Å². The van der Waals surface area contributed by atoms with Gasteiger partial charge in [0.2, 0.25) is 0 Å². The van der Waals surface area contributed by atoms with Gasteiger partial charge in [-0.2, -0.15) is 0 Å². The molecule has 0 fully saturated rings. The second-order valence-corrected chi connectivity index (χ2v) is 4.00. The van der Waals surface area contributed by atoms with E-state index in [0.29, 0.717) is 12.0 Å². The third kappa shape index (κ3) is 1.96. The number of carboxylic acids is 1. The maximum Gasteiger partial charge on any atom is 0.339 e. The van der Waals surface area contributed by atoms with E-state index in [0.717, 1.165) is 0 Å². The Morgan fingerprint density at radius 2 is 1.94 bits per heavy atom. The zero-order valence-corrected chi connectivity index (χ0v) is 9.61. The van der Waals surface area contributed by atoms with Crippen molar-refractivity contribution in [3.8, 4) is 11.5 Å². The van der Waals surface area contributed by atoms with Gasteiger partial charge in [-0.1, -0.05) is 20.8 Å². The highest BCUT2D eigenvalue weighted by atomic mass is 16.4. The predicted octanol–water partition coefficient (Wildman–Crippen LogP) is 2.48. The molecule has 0 saturated carbocycles. The summed E-state index contributed by atoms with van der Waals surface area (Å²) >= 11 is 0. The van der Waals surface area contributed by atoms with Crippen molar-refractivity contribution in [2.45, 2.75) is 33.1 Å². The number of hydrogen-bond acceptors (Lipinski definition) is 3. The van der Waals surface area contributed by atoms with Crippen LogP contribution in [0.4, 0.5) is 0 Å². The van der Waals surface area contributed by atoms with E-state index in [-0.39, 0.29) is 28.5 Å². The Morgan fingerprint density at radius 1 is 1.38 bits per heavy atom. The fraction of sp³-hybridized carbons (Fsp3) is 0.417. The lowest BCUT2D eigenvalue weighted by atomic mass is 9.92. The van der Waals surface area contributed by atoms with Crippen LogP contribution in [-0.2, 0) is 6.42 Å². The molecule has 1 aromatic carbocycles. The van der Waals surface area contributed by atoms with Crippen molar-refractivity contribution in [2.75, 3.05) is 0 Å². The molecule has 0 bridgehead atoms. The number of carboxylic acid groups (broad SMARTS) is 1. The number of hydrogen-bond donors (Lipinski definition) is 3. The minimum Gasteiger partial charge on any atom is -0.508 e. The predicted molar refractivity (Wildman–Crippen MR) is 60.2 cm³/mol. The highest BCUT2D eigenvalue weighted by Gasteiger charge is 2.22. The summed E-state index contributed by atoms with van der Waals surface area (Å²) in [6.45, 7) is 5.37. The number of carbonyl (C=O) groups is 1. The minimum atomic E-state index is -1.17. The SMILES string of the molecule is CCc1c(O)cc(C(C)C)c(C(=O)O)c1O. The van der Waals surface area contributed by atoms with Gasteiger partial charge in [0, 0.05) is 5.56 Å². The molecule has 0 unspecified atom stereocenters. The Hall–Kier alpha value is -1.71. The molecule has 0 aromatic heterocycles. The second-order valence-electron chi connectivity index (χ2n) is 4.00. The lowest BCUT2D eigenvalue weighted by Gasteiger charge is -2.15. The Labute approximate surface area is 94.2 Å². The quantitative estimate of drug-likeness (QED) is 0.737. The second kappa shape index (κ2) is 4.43. The van der Waals surface area contributed by atoms with Crippen LogP contribution in [0.3, 0.4) is 0 Å². The maximum absolute atomic E-state index is 11.1. The molecule has 0 atom stereocenters. The highest BCUT2D eigenvalue weighted by Crippen LogP contribution is 2.37. The summed E-state index contributed by atoms with van der Waals surface area (Å²) in [6.07, 6.45) is 0.385. The van der Waals surface area contributed by atoms with Gasteiger partial charge in [0.1, 0.15) is 17.1 Å². The molecule has 0 heterocycles. The Morgan fingerprint density at radius 3 is 2.31 bits per heavy atom. The maximum atomic E-state index is 11.1. The Balaban J connectivity index is 3.59. The molecule has 16 heavy (non-hydrogen) atoms. The van der Waals surface area contributed by atoms with Gasteiger partial charge in [0.05, 0.1) is 0 Å². The van der Waals surface area contributed by atoms with E-state index >= 15 is 0 Å². The number of aromatic carboxylic acids is 1. The molecule has 0 spiro atoms. The number of aromatic hydroxyl groups is 2. The molecule has 0 saturated heterocycles. The van der Waals surface area contributed by atoms with Crippen molar-refractivity contribution in [3.63, 3.8) is 0 Å². The first-order valence-electron chi connectivity index (χ1n) is 5.21. The number of phenols is 2. The van der Waals surface area contributed by atoms with Crippen LogP contribution in [0.2, 0.25) is 0 Å². The molecule has 0 amide bonds. The third-order valence-electron chi connectivity index (χ3n) is 2.60. The Bertz CT molecular complexity index is 422. The van der Waals surface area contributed by atoms with Crippen LogP contribution in [0.5, 0.6) is 11.5 Å². The van der Waals surface area contributed by atoms with E-state index in [2.05, 4.69) is 0 Å². The van der Waals surface area contributed by atoms with Crippen LogP contribution in [0.15, 0.2) is 6.07 Å². The van der Waals surface area contributed by atoms with Gasteiger partial charge in [-0.25, -0.2) is 4.79 Å². The number of benzene rings is 1. The standard InChI is InChI=1S/C12H16O4/c1-4-7-9(13)5-8(6(2)3)10(11(7)14)12(15)16/h5-6,13-14H,4H2,1-3H3,(H,15,16). The summed E-state index contributed by atoms with van der Waals surface area (Å²) in [7, 11) is 0. The van der Waals surface area contributed by atoms with Gasteiger partial charge >= 0.3 is 5.97 Å². The van der Waals surface area contributed by atoms with Crippen molar-refractivity contribution in [3.05, 3.63) is 22.8 Å². The molecule has 0 aliphatic rings. The number of phenolic OH excluding ortho intramolecular Hbond substituents is 1. The van der Waals surface area contributed by atoms with Gasteiger partial charge in [0.25, 0.3) is 0 Å². The largest absolute Gasteiger partial charge is 0.508 e. The highest BCUT2D eigenvalue weighted by molar-refractivity contribution is 5.94. The normalized spacial score (nSPS) is 10.8. The molecule has 4 heteroatoms. The molecule has 3 N–H and O–H groups in total. The van der Waals surface area contributed by atoms with E-state index in [4.69, 9.17) is 5.11 Å². The van der Waals surface area contributed by atoms with Crippen LogP contribution in [0.25, 0.3) is 0 Å². The Kier molecular flexibility index (Phi) is 3.42. The van der Waals surface area contributed by atoms with Crippen LogP contribution >= 0.6 is 0 Å². The van der Waals surface area contributed by atoms with E-state index in [1.807, 2.05) is 13.8 Å². The van der Waals surface area contributed by atoms with Gasteiger partial charge < -0.3 is 15.3 Å². The molecule has 0 aliphatic heterocycles.